The summed E-state index contributed by atoms with van der Waals surface area (Å²) in [6.07, 6.45) is 2.30. The largest absolute Gasteiger partial charge is 0.380 e. The lowest BCUT2D eigenvalue weighted by Crippen LogP contribution is -2.36. The monoisotopic (exact) mass is 247 g/mol. The molecule has 2 aromatic rings. The number of hydrogen-bond acceptors (Lipinski definition) is 3. The van der Waals surface area contributed by atoms with E-state index in [2.05, 4.69) is 15.3 Å². The van der Waals surface area contributed by atoms with Crippen molar-refractivity contribution in [3.05, 3.63) is 34.2 Å². The number of nitrogens with one attached hydrogen (secondary N) is 3. The molecule has 1 saturated heterocycles. The second kappa shape index (κ2) is 4.96. The van der Waals surface area contributed by atoms with Crippen LogP contribution in [0.2, 0.25) is 0 Å². The molecule has 2 heterocycles. The van der Waals surface area contributed by atoms with Gasteiger partial charge in [-0.15, -0.1) is 0 Å². The smallest absolute Gasteiger partial charge is 0.323 e. The van der Waals surface area contributed by atoms with Gasteiger partial charge in [0.25, 0.3) is 0 Å². The number of aromatic nitrogens is 2. The van der Waals surface area contributed by atoms with Crippen molar-refractivity contribution < 1.29 is 4.74 Å². The van der Waals surface area contributed by atoms with E-state index in [0.29, 0.717) is 6.04 Å². The minimum atomic E-state index is -0.157. The molecule has 3 rings (SSSR count). The number of imidazole rings is 1. The van der Waals surface area contributed by atoms with Crippen LogP contribution in [0.3, 0.4) is 0 Å². The molecule has 96 valence electrons. The number of ether oxygens (including phenoxy) is 1. The predicted octanol–water partition coefficient (Wildman–Crippen LogP) is 1.12. The van der Waals surface area contributed by atoms with Gasteiger partial charge in [-0.3, -0.25) is 0 Å². The van der Waals surface area contributed by atoms with Gasteiger partial charge in [0.1, 0.15) is 0 Å². The molecule has 18 heavy (non-hydrogen) atoms. The lowest BCUT2D eigenvalue weighted by Gasteiger charge is -2.23. The number of H-pyrrole nitrogens is 2. The van der Waals surface area contributed by atoms with Crippen LogP contribution < -0.4 is 11.0 Å². The molecule has 0 aliphatic carbocycles. The quantitative estimate of drug-likeness (QED) is 0.761. The first-order chi connectivity index (χ1) is 8.81. The summed E-state index contributed by atoms with van der Waals surface area (Å²) < 4.78 is 5.43. The van der Waals surface area contributed by atoms with Crippen molar-refractivity contribution in [3.63, 3.8) is 0 Å². The fourth-order valence-electron chi connectivity index (χ4n) is 2.35. The zero-order chi connectivity index (χ0) is 12.4. The molecule has 0 bridgehead atoms. The highest BCUT2D eigenvalue weighted by Crippen LogP contribution is 2.11. The Hall–Kier alpha value is -1.59. The van der Waals surface area contributed by atoms with Gasteiger partial charge in [0.05, 0.1) is 17.6 Å². The molecule has 1 atom stereocenters. The van der Waals surface area contributed by atoms with E-state index in [0.717, 1.165) is 37.2 Å². The Balaban J connectivity index is 1.68. The van der Waals surface area contributed by atoms with E-state index in [1.807, 2.05) is 18.2 Å². The van der Waals surface area contributed by atoms with Crippen molar-refractivity contribution in [2.45, 2.75) is 25.4 Å². The maximum Gasteiger partial charge on any atom is 0.323 e. The molecule has 1 aromatic carbocycles. The van der Waals surface area contributed by atoms with Crippen LogP contribution in [0.15, 0.2) is 23.0 Å². The molecule has 0 radical (unpaired) electrons. The SMILES string of the molecule is O=c1[nH]c2ccc(CN[C@@H]3CCCOC3)cc2[nH]1. The summed E-state index contributed by atoms with van der Waals surface area (Å²) in [6.45, 7) is 2.48. The van der Waals surface area contributed by atoms with Crippen molar-refractivity contribution in [2.75, 3.05) is 13.2 Å². The van der Waals surface area contributed by atoms with Gasteiger partial charge in [-0.1, -0.05) is 6.07 Å². The normalized spacial score (nSPS) is 20.3. The summed E-state index contributed by atoms with van der Waals surface area (Å²) in [7, 11) is 0. The first kappa shape index (κ1) is 11.5. The van der Waals surface area contributed by atoms with Crippen LogP contribution in [0, 0.1) is 0 Å². The maximum atomic E-state index is 11.2. The summed E-state index contributed by atoms with van der Waals surface area (Å²) in [5, 5.41) is 3.48. The molecule has 1 aliphatic rings. The van der Waals surface area contributed by atoms with Gasteiger partial charge in [0.2, 0.25) is 0 Å². The van der Waals surface area contributed by atoms with Gasteiger partial charge in [-0.05, 0) is 30.5 Å². The third kappa shape index (κ3) is 2.47. The van der Waals surface area contributed by atoms with Crippen LogP contribution in [-0.4, -0.2) is 29.2 Å². The third-order valence-corrected chi connectivity index (χ3v) is 3.34. The van der Waals surface area contributed by atoms with E-state index in [4.69, 9.17) is 4.74 Å². The van der Waals surface area contributed by atoms with Crippen LogP contribution in [0.4, 0.5) is 0 Å². The molecule has 0 spiro atoms. The Labute approximate surface area is 105 Å². The molecule has 5 heteroatoms. The average Bonchev–Trinajstić information content (AvgIpc) is 2.77. The summed E-state index contributed by atoms with van der Waals surface area (Å²) in [6, 6.07) is 6.41. The van der Waals surface area contributed by atoms with Crippen LogP contribution in [0.25, 0.3) is 11.0 Å². The fraction of sp³-hybridized carbons (Fsp3) is 0.462. The van der Waals surface area contributed by atoms with E-state index in [1.165, 1.54) is 12.0 Å². The molecular weight excluding hydrogens is 230 g/mol. The number of rotatable bonds is 3. The molecule has 1 aromatic heterocycles. The number of hydrogen-bond donors (Lipinski definition) is 3. The number of benzene rings is 1. The molecular formula is C13H17N3O2. The number of aromatic amines is 2. The Kier molecular flexibility index (Phi) is 3.17. The van der Waals surface area contributed by atoms with E-state index < -0.39 is 0 Å². The molecule has 5 nitrogen and oxygen atoms in total. The van der Waals surface area contributed by atoms with Crippen molar-refractivity contribution in [3.8, 4) is 0 Å². The van der Waals surface area contributed by atoms with E-state index in [9.17, 15) is 4.79 Å². The van der Waals surface area contributed by atoms with Gasteiger partial charge in [-0.2, -0.15) is 0 Å². The first-order valence-corrected chi connectivity index (χ1v) is 6.33. The highest BCUT2D eigenvalue weighted by molar-refractivity contribution is 5.74. The highest BCUT2D eigenvalue weighted by atomic mass is 16.5. The Morgan fingerprint density at radius 1 is 1.33 bits per heavy atom. The van der Waals surface area contributed by atoms with E-state index in [-0.39, 0.29) is 5.69 Å². The minimum absolute atomic E-state index is 0.157. The van der Waals surface area contributed by atoms with Gasteiger partial charge < -0.3 is 20.0 Å². The van der Waals surface area contributed by atoms with Gasteiger partial charge in [0, 0.05) is 19.2 Å². The zero-order valence-electron chi connectivity index (χ0n) is 10.2. The molecule has 1 fully saturated rings. The van der Waals surface area contributed by atoms with Crippen LogP contribution in [0.5, 0.6) is 0 Å². The van der Waals surface area contributed by atoms with Gasteiger partial charge in [-0.25, -0.2) is 4.79 Å². The lowest BCUT2D eigenvalue weighted by atomic mass is 10.1. The van der Waals surface area contributed by atoms with Crippen LogP contribution >= 0.6 is 0 Å². The standard InChI is InChI=1S/C13H17N3O2/c17-13-15-11-4-3-9(6-12(11)16-13)7-14-10-2-1-5-18-8-10/h3-4,6,10,14H,1-2,5,7-8H2,(H2,15,16,17)/t10-/m1/s1. The predicted molar refractivity (Wildman–Crippen MR) is 69.6 cm³/mol. The fourth-order valence-corrected chi connectivity index (χ4v) is 2.35. The lowest BCUT2D eigenvalue weighted by molar-refractivity contribution is 0.0699. The zero-order valence-corrected chi connectivity index (χ0v) is 10.2. The van der Waals surface area contributed by atoms with Crippen molar-refractivity contribution >= 4 is 11.0 Å². The van der Waals surface area contributed by atoms with E-state index in [1.54, 1.807) is 0 Å². The number of fused-ring (bicyclic) bond motifs is 1. The van der Waals surface area contributed by atoms with Gasteiger partial charge in [0.15, 0.2) is 0 Å². The van der Waals surface area contributed by atoms with E-state index >= 15 is 0 Å². The first-order valence-electron chi connectivity index (χ1n) is 6.33. The third-order valence-electron chi connectivity index (χ3n) is 3.34. The Morgan fingerprint density at radius 3 is 3.06 bits per heavy atom. The molecule has 1 aliphatic heterocycles. The van der Waals surface area contributed by atoms with Crippen molar-refractivity contribution in [1.29, 1.82) is 0 Å². The molecule has 0 amide bonds. The van der Waals surface area contributed by atoms with Crippen molar-refractivity contribution in [1.82, 2.24) is 15.3 Å². The Bertz CT molecular complexity index is 581. The second-order valence-electron chi connectivity index (χ2n) is 4.75. The van der Waals surface area contributed by atoms with Gasteiger partial charge >= 0.3 is 5.69 Å². The maximum absolute atomic E-state index is 11.2. The second-order valence-corrected chi connectivity index (χ2v) is 4.75. The topological polar surface area (TPSA) is 69.9 Å². The molecule has 0 saturated carbocycles. The molecule has 0 unspecified atom stereocenters. The summed E-state index contributed by atoms with van der Waals surface area (Å²) in [5.41, 5.74) is 2.73. The Morgan fingerprint density at radius 2 is 2.22 bits per heavy atom. The van der Waals surface area contributed by atoms with Crippen molar-refractivity contribution in [2.24, 2.45) is 0 Å². The minimum Gasteiger partial charge on any atom is -0.380 e. The summed E-state index contributed by atoms with van der Waals surface area (Å²) in [5.74, 6) is 0. The van der Waals surface area contributed by atoms with Crippen LogP contribution in [-0.2, 0) is 11.3 Å². The highest BCUT2D eigenvalue weighted by Gasteiger charge is 2.12. The summed E-state index contributed by atoms with van der Waals surface area (Å²) in [4.78, 5) is 16.7. The summed E-state index contributed by atoms with van der Waals surface area (Å²) >= 11 is 0. The average molecular weight is 247 g/mol. The molecule has 3 N–H and O–H groups in total. The van der Waals surface area contributed by atoms with Crippen LogP contribution in [0.1, 0.15) is 18.4 Å².